The molecule has 0 fully saturated rings. The summed E-state index contributed by atoms with van der Waals surface area (Å²) in [7, 11) is 0. The molecule has 0 aromatic carbocycles. The van der Waals surface area contributed by atoms with E-state index in [0.717, 1.165) is 12.6 Å². The van der Waals surface area contributed by atoms with E-state index in [1.54, 1.807) is 24.3 Å². The van der Waals surface area contributed by atoms with Crippen molar-refractivity contribution in [3.05, 3.63) is 84.5 Å². The lowest BCUT2D eigenvalue weighted by atomic mass is 10.2. The second-order valence-electron chi connectivity index (χ2n) is 3.89. The maximum absolute atomic E-state index is 12.7. The SMILES string of the molecule is CC.CCC1=C[CH]C=CC=C1.N=CC1=CC=CC=C[C]1F. The molecule has 0 bridgehead atoms. The highest BCUT2D eigenvalue weighted by atomic mass is 19.1. The van der Waals surface area contributed by atoms with Gasteiger partial charge in [0, 0.05) is 18.2 Å². The molecule has 0 aromatic heterocycles. The van der Waals surface area contributed by atoms with Crippen LogP contribution in [-0.4, -0.2) is 6.21 Å². The van der Waals surface area contributed by atoms with Gasteiger partial charge in [-0.2, -0.15) is 0 Å². The van der Waals surface area contributed by atoms with Gasteiger partial charge in [-0.05, 0) is 12.5 Å². The van der Waals surface area contributed by atoms with Crippen LogP contribution in [0, 0.1) is 18.0 Å². The van der Waals surface area contributed by atoms with Gasteiger partial charge in [-0.25, -0.2) is 4.39 Å². The van der Waals surface area contributed by atoms with E-state index in [4.69, 9.17) is 5.41 Å². The van der Waals surface area contributed by atoms with Crippen LogP contribution in [0.5, 0.6) is 0 Å². The highest BCUT2D eigenvalue weighted by molar-refractivity contribution is 5.81. The molecule has 2 radical (unpaired) electrons. The van der Waals surface area contributed by atoms with E-state index in [1.807, 2.05) is 26.0 Å². The van der Waals surface area contributed by atoms with Crippen LogP contribution >= 0.6 is 0 Å². The molecule has 0 spiro atoms. The van der Waals surface area contributed by atoms with E-state index in [1.165, 1.54) is 11.6 Å². The quantitative estimate of drug-likeness (QED) is 0.614. The number of nitrogens with one attached hydrogen (secondary N) is 1. The molecule has 2 aliphatic carbocycles. The molecule has 0 amide bonds. The average molecular weight is 285 g/mol. The van der Waals surface area contributed by atoms with Crippen molar-refractivity contribution in [3.63, 3.8) is 0 Å². The van der Waals surface area contributed by atoms with Crippen molar-refractivity contribution >= 4 is 6.21 Å². The molecule has 0 heterocycles. The Morgan fingerprint density at radius 2 is 1.62 bits per heavy atom. The van der Waals surface area contributed by atoms with Crippen molar-refractivity contribution in [1.29, 1.82) is 5.41 Å². The van der Waals surface area contributed by atoms with Crippen molar-refractivity contribution in [2.24, 2.45) is 0 Å². The smallest absolute Gasteiger partial charge is 0.197 e. The number of hydrogen-bond donors (Lipinski definition) is 1. The summed E-state index contributed by atoms with van der Waals surface area (Å²) in [5.41, 5.74) is 1.70. The number of halogens is 1. The summed E-state index contributed by atoms with van der Waals surface area (Å²) in [6.07, 6.45) is 22.2. The normalized spacial score (nSPS) is 16.4. The van der Waals surface area contributed by atoms with Gasteiger partial charge in [0.25, 0.3) is 0 Å². The van der Waals surface area contributed by atoms with Gasteiger partial charge in [0.1, 0.15) is 0 Å². The van der Waals surface area contributed by atoms with Crippen LogP contribution in [0.15, 0.2) is 71.9 Å². The summed E-state index contributed by atoms with van der Waals surface area (Å²) >= 11 is 0. The molecule has 0 aliphatic heterocycles. The molecule has 0 saturated carbocycles. The van der Waals surface area contributed by atoms with Gasteiger partial charge in [-0.3, -0.25) is 0 Å². The first-order valence-corrected chi connectivity index (χ1v) is 7.23. The molecule has 2 heteroatoms. The van der Waals surface area contributed by atoms with E-state index in [9.17, 15) is 4.39 Å². The van der Waals surface area contributed by atoms with E-state index >= 15 is 0 Å². The standard InChI is InChI=1S/C9H11.C8H7FN.C2H6/c1-2-9-7-5-3-4-6-8-9;9-8-5-3-1-2-4-7(8)6-10;1-2/h3-8H,2H2,1H3;1-6,10H;1-2H3. The molecule has 2 rings (SSSR count). The van der Waals surface area contributed by atoms with Crippen LogP contribution in [0.1, 0.15) is 27.2 Å². The molecule has 0 saturated heterocycles. The van der Waals surface area contributed by atoms with Crippen molar-refractivity contribution in [3.8, 4) is 0 Å². The first-order chi connectivity index (χ1) is 10.3. The zero-order valence-electron chi connectivity index (χ0n) is 13.0. The minimum absolute atomic E-state index is 0.310. The third-order valence-electron chi connectivity index (χ3n) is 2.53. The highest BCUT2D eigenvalue weighted by Crippen LogP contribution is 2.16. The molecule has 1 nitrogen and oxygen atoms in total. The van der Waals surface area contributed by atoms with E-state index in [-0.39, 0.29) is 6.17 Å². The van der Waals surface area contributed by atoms with Gasteiger partial charge in [0.2, 0.25) is 0 Å². The zero-order valence-corrected chi connectivity index (χ0v) is 13.0. The zero-order chi connectivity index (χ0) is 15.9. The van der Waals surface area contributed by atoms with Crippen LogP contribution in [0.3, 0.4) is 0 Å². The van der Waals surface area contributed by atoms with Crippen LogP contribution in [-0.2, 0) is 0 Å². The summed E-state index contributed by atoms with van der Waals surface area (Å²) in [4.78, 5) is 0. The van der Waals surface area contributed by atoms with E-state index in [0.29, 0.717) is 5.57 Å². The maximum atomic E-state index is 12.7. The van der Waals surface area contributed by atoms with Crippen molar-refractivity contribution in [2.75, 3.05) is 0 Å². The first-order valence-electron chi connectivity index (χ1n) is 7.23. The van der Waals surface area contributed by atoms with Crippen molar-refractivity contribution in [2.45, 2.75) is 27.2 Å². The topological polar surface area (TPSA) is 23.9 Å². The van der Waals surface area contributed by atoms with Crippen molar-refractivity contribution < 1.29 is 4.39 Å². The monoisotopic (exact) mass is 285 g/mol. The Kier molecular flexibility index (Phi) is 11.8. The lowest BCUT2D eigenvalue weighted by Crippen LogP contribution is -1.90. The maximum Gasteiger partial charge on any atom is 0.197 e. The van der Waals surface area contributed by atoms with Gasteiger partial charge in [0.05, 0.1) is 0 Å². The Bertz CT molecular complexity index is 462. The molecule has 0 unspecified atom stereocenters. The Morgan fingerprint density at radius 3 is 2.29 bits per heavy atom. The lowest BCUT2D eigenvalue weighted by molar-refractivity contribution is 0.581. The van der Waals surface area contributed by atoms with Crippen molar-refractivity contribution in [1.82, 2.24) is 0 Å². The number of hydrogen-bond acceptors (Lipinski definition) is 1. The average Bonchev–Trinajstić information content (AvgIpc) is 2.92. The molecule has 2 aliphatic rings. The Balaban J connectivity index is 0.000000342. The Morgan fingerprint density at radius 1 is 0.952 bits per heavy atom. The molecule has 1 N–H and O–H groups in total. The van der Waals surface area contributed by atoms with E-state index < -0.39 is 0 Å². The summed E-state index contributed by atoms with van der Waals surface area (Å²) < 4.78 is 12.7. The first kappa shape index (κ1) is 19.0. The molecular formula is C19H24FN. The summed E-state index contributed by atoms with van der Waals surface area (Å²) in [6, 6.07) is 0. The Labute approximate surface area is 128 Å². The fraction of sp³-hybridized carbons (Fsp3) is 0.211. The fourth-order valence-electron chi connectivity index (χ4n) is 1.43. The molecule has 112 valence electrons. The molecule has 0 atom stereocenters. The number of rotatable bonds is 2. The third-order valence-corrected chi connectivity index (χ3v) is 2.53. The summed E-state index contributed by atoms with van der Waals surface area (Å²) in [6.45, 7) is 6.16. The summed E-state index contributed by atoms with van der Waals surface area (Å²) in [5, 5.41) is 6.80. The van der Waals surface area contributed by atoms with Crippen LogP contribution in [0.25, 0.3) is 0 Å². The lowest BCUT2D eigenvalue weighted by Gasteiger charge is -1.96. The fourth-order valence-corrected chi connectivity index (χ4v) is 1.43. The van der Waals surface area contributed by atoms with Gasteiger partial charge >= 0.3 is 0 Å². The minimum Gasteiger partial charge on any atom is -0.308 e. The van der Waals surface area contributed by atoms with Crippen LogP contribution in [0.4, 0.5) is 4.39 Å². The predicted octanol–water partition coefficient (Wildman–Crippen LogP) is 5.87. The Hall–Kier alpha value is -1.96. The molecule has 21 heavy (non-hydrogen) atoms. The van der Waals surface area contributed by atoms with E-state index in [2.05, 4.69) is 31.6 Å². The van der Waals surface area contributed by atoms with Gasteiger partial charge in [-0.1, -0.05) is 81.0 Å². The largest absolute Gasteiger partial charge is 0.308 e. The molecular weight excluding hydrogens is 261 g/mol. The van der Waals surface area contributed by atoms with Crippen LogP contribution in [0.2, 0.25) is 0 Å². The third kappa shape index (κ3) is 8.74. The second-order valence-corrected chi connectivity index (χ2v) is 3.89. The highest BCUT2D eigenvalue weighted by Gasteiger charge is 2.07. The van der Waals surface area contributed by atoms with Crippen LogP contribution < -0.4 is 0 Å². The van der Waals surface area contributed by atoms with Gasteiger partial charge < -0.3 is 5.41 Å². The summed E-state index contributed by atoms with van der Waals surface area (Å²) in [5.74, 6) is 0. The number of allylic oxidation sites excluding steroid dienone is 12. The predicted molar refractivity (Wildman–Crippen MR) is 91.8 cm³/mol. The van der Waals surface area contributed by atoms with Gasteiger partial charge in [-0.15, -0.1) is 0 Å². The second kappa shape index (κ2) is 13.0. The van der Waals surface area contributed by atoms with Gasteiger partial charge in [0.15, 0.2) is 6.17 Å². The molecule has 0 aromatic rings. The minimum atomic E-state index is -0.361.